The molecule has 1 amide bonds. The number of carboxylic acids is 1. The standard InChI is InChI=1S/C14H20N2O3/c1-11-12(7-6-10-15-11)14(19)16-9-5-3-2-4-8-13(17)18/h6-7,10H,2-5,8-9H2,1H3,(H,16,19)(H,17,18). The predicted molar refractivity (Wildman–Crippen MR) is 72.0 cm³/mol. The summed E-state index contributed by atoms with van der Waals surface area (Å²) in [6, 6.07) is 3.50. The Balaban J connectivity index is 2.15. The number of carbonyl (C=O) groups is 2. The van der Waals surface area contributed by atoms with E-state index >= 15 is 0 Å². The molecule has 0 saturated carbocycles. The number of carboxylic acid groups (broad SMARTS) is 1. The van der Waals surface area contributed by atoms with Gasteiger partial charge in [0.1, 0.15) is 0 Å². The van der Waals surface area contributed by atoms with Crippen molar-refractivity contribution in [2.45, 2.75) is 39.0 Å². The molecule has 2 N–H and O–H groups in total. The number of aliphatic carboxylic acids is 1. The molecular formula is C14H20N2O3. The number of hydrogen-bond acceptors (Lipinski definition) is 3. The summed E-state index contributed by atoms with van der Waals surface area (Å²) < 4.78 is 0. The lowest BCUT2D eigenvalue weighted by atomic mass is 10.1. The first-order chi connectivity index (χ1) is 9.11. The third-order valence-corrected chi connectivity index (χ3v) is 2.85. The average molecular weight is 264 g/mol. The largest absolute Gasteiger partial charge is 0.481 e. The summed E-state index contributed by atoms with van der Waals surface area (Å²) in [6.07, 6.45) is 5.26. The van der Waals surface area contributed by atoms with Gasteiger partial charge in [-0.05, 0) is 31.9 Å². The minimum atomic E-state index is -0.750. The summed E-state index contributed by atoms with van der Waals surface area (Å²) in [5.41, 5.74) is 1.33. The molecule has 0 unspecified atom stereocenters. The van der Waals surface area contributed by atoms with E-state index in [0.717, 1.165) is 25.0 Å². The van der Waals surface area contributed by atoms with Gasteiger partial charge in [0.15, 0.2) is 0 Å². The van der Waals surface area contributed by atoms with Gasteiger partial charge in [-0.25, -0.2) is 0 Å². The molecule has 5 heteroatoms. The van der Waals surface area contributed by atoms with E-state index in [9.17, 15) is 9.59 Å². The molecule has 5 nitrogen and oxygen atoms in total. The summed E-state index contributed by atoms with van der Waals surface area (Å²) in [6.45, 7) is 2.42. The molecule has 0 aliphatic rings. The minimum absolute atomic E-state index is 0.101. The fourth-order valence-electron chi connectivity index (χ4n) is 1.78. The van der Waals surface area contributed by atoms with E-state index in [1.54, 1.807) is 25.3 Å². The Morgan fingerprint density at radius 2 is 2.00 bits per heavy atom. The van der Waals surface area contributed by atoms with Crippen molar-refractivity contribution in [3.63, 3.8) is 0 Å². The van der Waals surface area contributed by atoms with Crippen LogP contribution < -0.4 is 5.32 Å². The fourth-order valence-corrected chi connectivity index (χ4v) is 1.78. The molecule has 0 fully saturated rings. The first-order valence-corrected chi connectivity index (χ1v) is 6.53. The maximum atomic E-state index is 11.8. The highest BCUT2D eigenvalue weighted by atomic mass is 16.4. The van der Waals surface area contributed by atoms with Crippen molar-refractivity contribution in [2.24, 2.45) is 0 Å². The van der Waals surface area contributed by atoms with E-state index in [1.807, 2.05) is 0 Å². The van der Waals surface area contributed by atoms with Gasteiger partial charge < -0.3 is 10.4 Å². The molecule has 0 aliphatic heterocycles. The minimum Gasteiger partial charge on any atom is -0.481 e. The lowest BCUT2D eigenvalue weighted by molar-refractivity contribution is -0.137. The van der Waals surface area contributed by atoms with E-state index in [1.165, 1.54) is 0 Å². The summed E-state index contributed by atoms with van der Waals surface area (Å²) >= 11 is 0. The van der Waals surface area contributed by atoms with Gasteiger partial charge in [-0.15, -0.1) is 0 Å². The average Bonchev–Trinajstić information content (AvgIpc) is 2.37. The van der Waals surface area contributed by atoms with Crippen LogP contribution in [0.15, 0.2) is 18.3 Å². The van der Waals surface area contributed by atoms with Gasteiger partial charge in [0, 0.05) is 24.9 Å². The first kappa shape index (κ1) is 15.1. The van der Waals surface area contributed by atoms with Gasteiger partial charge in [-0.3, -0.25) is 14.6 Å². The summed E-state index contributed by atoms with van der Waals surface area (Å²) in [5.74, 6) is -0.850. The van der Waals surface area contributed by atoms with Gasteiger partial charge in [-0.1, -0.05) is 12.8 Å². The number of pyridine rings is 1. The SMILES string of the molecule is Cc1ncccc1C(=O)NCCCCCCC(=O)O. The van der Waals surface area contributed by atoms with Gasteiger partial charge in [0.2, 0.25) is 0 Å². The zero-order valence-corrected chi connectivity index (χ0v) is 11.2. The molecular weight excluding hydrogens is 244 g/mol. The topological polar surface area (TPSA) is 79.3 Å². The maximum absolute atomic E-state index is 11.8. The maximum Gasteiger partial charge on any atom is 0.303 e. The fraction of sp³-hybridized carbons (Fsp3) is 0.500. The van der Waals surface area contributed by atoms with Gasteiger partial charge >= 0.3 is 5.97 Å². The van der Waals surface area contributed by atoms with Crippen LogP contribution in [0.4, 0.5) is 0 Å². The first-order valence-electron chi connectivity index (χ1n) is 6.53. The highest BCUT2D eigenvalue weighted by molar-refractivity contribution is 5.95. The summed E-state index contributed by atoms with van der Waals surface area (Å²) in [7, 11) is 0. The molecule has 104 valence electrons. The van der Waals surface area contributed by atoms with Crippen molar-refractivity contribution in [3.8, 4) is 0 Å². The van der Waals surface area contributed by atoms with Crippen molar-refractivity contribution in [2.75, 3.05) is 6.54 Å². The highest BCUT2D eigenvalue weighted by Crippen LogP contribution is 2.04. The molecule has 0 aliphatic carbocycles. The lowest BCUT2D eigenvalue weighted by Crippen LogP contribution is -2.25. The van der Waals surface area contributed by atoms with Crippen molar-refractivity contribution in [1.29, 1.82) is 0 Å². The van der Waals surface area contributed by atoms with Crippen LogP contribution >= 0.6 is 0 Å². The quantitative estimate of drug-likeness (QED) is 0.705. The predicted octanol–water partition coefficient (Wildman–Crippen LogP) is 2.15. The molecule has 1 aromatic rings. The second-order valence-electron chi connectivity index (χ2n) is 4.45. The van der Waals surface area contributed by atoms with Crippen LogP contribution in [0.5, 0.6) is 0 Å². The van der Waals surface area contributed by atoms with Gasteiger partial charge in [0.25, 0.3) is 5.91 Å². The molecule has 0 saturated heterocycles. The van der Waals surface area contributed by atoms with Crippen molar-refractivity contribution >= 4 is 11.9 Å². The van der Waals surface area contributed by atoms with E-state index < -0.39 is 5.97 Å². The zero-order chi connectivity index (χ0) is 14.1. The molecule has 0 spiro atoms. The number of hydrogen-bond donors (Lipinski definition) is 2. The Kier molecular flexibility index (Phi) is 6.57. The Morgan fingerprint density at radius 1 is 1.26 bits per heavy atom. The molecule has 19 heavy (non-hydrogen) atoms. The molecule has 1 aromatic heterocycles. The van der Waals surface area contributed by atoms with E-state index in [-0.39, 0.29) is 12.3 Å². The number of aryl methyl sites for hydroxylation is 1. The second-order valence-corrected chi connectivity index (χ2v) is 4.45. The van der Waals surface area contributed by atoms with Crippen molar-refractivity contribution in [1.82, 2.24) is 10.3 Å². The highest BCUT2D eigenvalue weighted by Gasteiger charge is 2.07. The molecule has 0 atom stereocenters. The van der Waals surface area contributed by atoms with Crippen LogP contribution in [-0.2, 0) is 4.79 Å². The monoisotopic (exact) mass is 264 g/mol. The Morgan fingerprint density at radius 3 is 2.68 bits per heavy atom. The third kappa shape index (κ3) is 5.99. The second kappa shape index (κ2) is 8.24. The van der Waals surface area contributed by atoms with Crippen molar-refractivity contribution in [3.05, 3.63) is 29.6 Å². The van der Waals surface area contributed by atoms with Crippen molar-refractivity contribution < 1.29 is 14.7 Å². The van der Waals surface area contributed by atoms with Gasteiger partial charge in [0.05, 0.1) is 5.56 Å². The number of aromatic nitrogens is 1. The smallest absolute Gasteiger partial charge is 0.303 e. The number of rotatable bonds is 8. The van der Waals surface area contributed by atoms with E-state index in [0.29, 0.717) is 18.5 Å². The van der Waals surface area contributed by atoms with Crippen LogP contribution in [0.1, 0.15) is 48.2 Å². The van der Waals surface area contributed by atoms with Crippen LogP contribution in [0.3, 0.4) is 0 Å². The molecule has 0 radical (unpaired) electrons. The summed E-state index contributed by atoms with van der Waals surface area (Å²) in [5, 5.41) is 11.3. The number of nitrogens with one attached hydrogen (secondary N) is 1. The zero-order valence-electron chi connectivity index (χ0n) is 11.2. The molecule has 1 heterocycles. The van der Waals surface area contributed by atoms with Gasteiger partial charge in [-0.2, -0.15) is 0 Å². The molecule has 0 bridgehead atoms. The lowest BCUT2D eigenvalue weighted by Gasteiger charge is -2.06. The summed E-state index contributed by atoms with van der Waals surface area (Å²) in [4.78, 5) is 26.2. The Labute approximate surface area is 113 Å². The number of amides is 1. The third-order valence-electron chi connectivity index (χ3n) is 2.85. The van der Waals surface area contributed by atoms with Crippen LogP contribution in [0.2, 0.25) is 0 Å². The van der Waals surface area contributed by atoms with Crippen LogP contribution in [0, 0.1) is 6.92 Å². The number of unbranched alkanes of at least 4 members (excludes halogenated alkanes) is 3. The Bertz CT molecular complexity index is 432. The van der Waals surface area contributed by atoms with E-state index in [2.05, 4.69) is 10.3 Å². The molecule has 1 rings (SSSR count). The number of carbonyl (C=O) groups excluding carboxylic acids is 1. The van der Waals surface area contributed by atoms with E-state index in [4.69, 9.17) is 5.11 Å². The van der Waals surface area contributed by atoms with Crippen LogP contribution in [-0.4, -0.2) is 28.5 Å². The van der Waals surface area contributed by atoms with Crippen LogP contribution in [0.25, 0.3) is 0 Å². The normalized spacial score (nSPS) is 10.2. The molecule has 0 aromatic carbocycles. The number of nitrogens with zero attached hydrogens (tertiary/aromatic N) is 1. The Hall–Kier alpha value is -1.91.